The van der Waals surface area contributed by atoms with Gasteiger partial charge in [-0.1, -0.05) is 48.5 Å². The van der Waals surface area contributed by atoms with Gasteiger partial charge < -0.3 is 15.5 Å². The van der Waals surface area contributed by atoms with Crippen molar-refractivity contribution in [1.82, 2.24) is 4.98 Å². The normalized spacial score (nSPS) is 11.0. The molecule has 0 aliphatic rings. The van der Waals surface area contributed by atoms with E-state index in [-0.39, 0.29) is 0 Å². The van der Waals surface area contributed by atoms with Gasteiger partial charge in [0.25, 0.3) is 0 Å². The Morgan fingerprint density at radius 2 is 1.52 bits per heavy atom. The van der Waals surface area contributed by atoms with E-state index in [1.54, 1.807) is 0 Å². The van der Waals surface area contributed by atoms with Crippen molar-refractivity contribution in [2.24, 2.45) is 5.73 Å². The highest BCUT2D eigenvalue weighted by Crippen LogP contribution is 2.34. The van der Waals surface area contributed by atoms with Gasteiger partial charge in [-0.05, 0) is 67.3 Å². The van der Waals surface area contributed by atoms with E-state index in [0.29, 0.717) is 0 Å². The van der Waals surface area contributed by atoms with Crippen LogP contribution in [0.1, 0.15) is 18.4 Å². The van der Waals surface area contributed by atoms with Gasteiger partial charge in [-0.25, -0.2) is 0 Å². The molecule has 0 spiro atoms. The van der Waals surface area contributed by atoms with E-state index in [1.807, 2.05) is 42.5 Å². The first-order valence-electron chi connectivity index (χ1n) is 9.48. The van der Waals surface area contributed by atoms with Crippen LogP contribution in [0.2, 0.25) is 0 Å². The van der Waals surface area contributed by atoms with Gasteiger partial charge in [0.2, 0.25) is 0 Å². The van der Waals surface area contributed by atoms with Crippen molar-refractivity contribution < 1.29 is 4.74 Å². The number of fused-ring (bicyclic) bond motifs is 1. The average molecular weight is 356 g/mol. The molecule has 4 aromatic rings. The zero-order valence-corrected chi connectivity index (χ0v) is 15.3. The molecule has 27 heavy (non-hydrogen) atoms. The Hall–Kier alpha value is -3.04. The van der Waals surface area contributed by atoms with Crippen molar-refractivity contribution >= 4 is 10.9 Å². The Morgan fingerprint density at radius 3 is 2.26 bits per heavy atom. The predicted octanol–water partition coefficient (Wildman–Crippen LogP) is 5.91. The summed E-state index contributed by atoms with van der Waals surface area (Å²) in [4.78, 5) is 3.61. The fourth-order valence-electron chi connectivity index (χ4n) is 3.47. The first-order valence-corrected chi connectivity index (χ1v) is 9.48. The van der Waals surface area contributed by atoms with Crippen LogP contribution in [-0.4, -0.2) is 11.5 Å². The van der Waals surface area contributed by atoms with Gasteiger partial charge in [0.05, 0.1) is 0 Å². The minimum absolute atomic E-state index is 0.728. The molecule has 0 saturated carbocycles. The SMILES string of the molecule is NCCCCc1c(-c2ccccc2)[nH]c2ccc(Oc3ccccc3)cc12. The van der Waals surface area contributed by atoms with Gasteiger partial charge in [0, 0.05) is 16.6 Å². The van der Waals surface area contributed by atoms with Crippen LogP contribution in [0.3, 0.4) is 0 Å². The van der Waals surface area contributed by atoms with Crippen LogP contribution in [0.5, 0.6) is 11.5 Å². The fraction of sp³-hybridized carbons (Fsp3) is 0.167. The zero-order valence-electron chi connectivity index (χ0n) is 15.3. The molecule has 3 nitrogen and oxygen atoms in total. The van der Waals surface area contributed by atoms with Crippen LogP contribution in [0.4, 0.5) is 0 Å². The maximum absolute atomic E-state index is 6.05. The lowest BCUT2D eigenvalue weighted by Crippen LogP contribution is -1.99. The van der Waals surface area contributed by atoms with E-state index in [4.69, 9.17) is 10.5 Å². The molecule has 0 fully saturated rings. The molecule has 0 unspecified atom stereocenters. The Labute approximate surface area is 159 Å². The third kappa shape index (κ3) is 3.88. The summed E-state index contributed by atoms with van der Waals surface area (Å²) >= 11 is 0. The standard InChI is InChI=1S/C24H24N2O/c25-16-8-7-13-21-22-17-20(27-19-11-5-2-6-12-19)14-15-23(22)26-24(21)18-9-3-1-4-10-18/h1-6,9-12,14-15,17,26H,7-8,13,16,25H2. The zero-order chi connectivity index (χ0) is 18.5. The number of ether oxygens (including phenoxy) is 1. The molecular weight excluding hydrogens is 332 g/mol. The molecule has 0 amide bonds. The van der Waals surface area contributed by atoms with Crippen molar-refractivity contribution in [2.45, 2.75) is 19.3 Å². The highest BCUT2D eigenvalue weighted by atomic mass is 16.5. The molecule has 0 saturated heterocycles. The second kappa shape index (κ2) is 8.11. The Balaban J connectivity index is 1.75. The number of para-hydroxylation sites is 1. The number of aromatic amines is 1. The largest absolute Gasteiger partial charge is 0.457 e. The number of benzene rings is 3. The van der Waals surface area contributed by atoms with Crippen LogP contribution in [0.15, 0.2) is 78.9 Å². The van der Waals surface area contributed by atoms with E-state index < -0.39 is 0 Å². The maximum atomic E-state index is 6.05. The van der Waals surface area contributed by atoms with Crippen molar-refractivity contribution in [3.05, 3.63) is 84.4 Å². The molecule has 0 aliphatic heterocycles. The second-order valence-electron chi connectivity index (χ2n) is 6.71. The minimum atomic E-state index is 0.728. The summed E-state index contributed by atoms with van der Waals surface area (Å²) in [6.07, 6.45) is 3.10. The summed E-state index contributed by atoms with van der Waals surface area (Å²) in [5.74, 6) is 1.70. The summed E-state index contributed by atoms with van der Waals surface area (Å²) in [7, 11) is 0. The maximum Gasteiger partial charge on any atom is 0.128 e. The molecule has 3 aromatic carbocycles. The molecule has 0 aliphatic carbocycles. The van der Waals surface area contributed by atoms with Crippen molar-refractivity contribution in [3.8, 4) is 22.8 Å². The molecule has 136 valence electrons. The van der Waals surface area contributed by atoms with E-state index in [9.17, 15) is 0 Å². The first-order chi connectivity index (χ1) is 13.3. The van der Waals surface area contributed by atoms with E-state index in [0.717, 1.165) is 42.8 Å². The molecule has 0 bridgehead atoms. The van der Waals surface area contributed by atoms with Crippen LogP contribution in [0.25, 0.3) is 22.2 Å². The van der Waals surface area contributed by atoms with Crippen LogP contribution < -0.4 is 10.5 Å². The van der Waals surface area contributed by atoms with Crippen LogP contribution in [0, 0.1) is 0 Å². The van der Waals surface area contributed by atoms with Gasteiger partial charge in [-0.3, -0.25) is 0 Å². The Kier molecular flexibility index (Phi) is 5.22. The van der Waals surface area contributed by atoms with Crippen LogP contribution in [-0.2, 0) is 6.42 Å². The Morgan fingerprint density at radius 1 is 0.778 bits per heavy atom. The second-order valence-corrected chi connectivity index (χ2v) is 6.71. The molecule has 0 atom stereocenters. The average Bonchev–Trinajstić information content (AvgIpc) is 3.08. The third-order valence-electron chi connectivity index (χ3n) is 4.80. The number of aryl methyl sites for hydroxylation is 1. The summed E-state index contributed by atoms with van der Waals surface area (Å²) in [5, 5.41) is 1.22. The summed E-state index contributed by atoms with van der Waals surface area (Å²) in [6, 6.07) is 26.7. The number of hydrogen-bond acceptors (Lipinski definition) is 2. The topological polar surface area (TPSA) is 51.0 Å². The smallest absolute Gasteiger partial charge is 0.128 e. The van der Waals surface area contributed by atoms with Crippen molar-refractivity contribution in [2.75, 3.05) is 6.54 Å². The quantitative estimate of drug-likeness (QED) is 0.405. The molecule has 0 radical (unpaired) electrons. The summed E-state index contributed by atoms with van der Waals surface area (Å²) < 4.78 is 6.05. The molecular formula is C24H24N2O. The van der Waals surface area contributed by atoms with Gasteiger partial charge in [0.15, 0.2) is 0 Å². The van der Waals surface area contributed by atoms with Crippen LogP contribution >= 0.6 is 0 Å². The van der Waals surface area contributed by atoms with Gasteiger partial charge in [-0.15, -0.1) is 0 Å². The highest BCUT2D eigenvalue weighted by molar-refractivity contribution is 5.91. The molecule has 3 heteroatoms. The predicted molar refractivity (Wildman–Crippen MR) is 112 cm³/mol. The van der Waals surface area contributed by atoms with E-state index in [2.05, 4.69) is 41.4 Å². The van der Waals surface area contributed by atoms with E-state index >= 15 is 0 Å². The fourth-order valence-corrected chi connectivity index (χ4v) is 3.47. The number of unbranched alkanes of at least 4 members (excludes halogenated alkanes) is 1. The van der Waals surface area contributed by atoms with Gasteiger partial charge in [0.1, 0.15) is 11.5 Å². The van der Waals surface area contributed by atoms with Crippen molar-refractivity contribution in [1.29, 1.82) is 0 Å². The molecule has 1 aromatic heterocycles. The summed E-state index contributed by atoms with van der Waals surface area (Å²) in [5.41, 5.74) is 10.6. The van der Waals surface area contributed by atoms with E-state index in [1.165, 1.54) is 22.2 Å². The number of rotatable bonds is 7. The molecule has 4 rings (SSSR count). The molecule has 3 N–H and O–H groups in total. The van der Waals surface area contributed by atoms with Crippen molar-refractivity contribution in [3.63, 3.8) is 0 Å². The Bertz CT molecular complexity index is 1010. The number of aromatic nitrogens is 1. The van der Waals surface area contributed by atoms with Gasteiger partial charge in [-0.2, -0.15) is 0 Å². The third-order valence-corrected chi connectivity index (χ3v) is 4.80. The number of hydrogen-bond donors (Lipinski definition) is 2. The lowest BCUT2D eigenvalue weighted by atomic mass is 10.0. The summed E-state index contributed by atoms with van der Waals surface area (Å²) in [6.45, 7) is 0.728. The number of nitrogens with one attached hydrogen (secondary N) is 1. The minimum Gasteiger partial charge on any atom is -0.457 e. The lowest BCUT2D eigenvalue weighted by Gasteiger charge is -2.07. The lowest BCUT2D eigenvalue weighted by molar-refractivity contribution is 0.483. The highest BCUT2D eigenvalue weighted by Gasteiger charge is 2.14. The van der Waals surface area contributed by atoms with Gasteiger partial charge >= 0.3 is 0 Å². The number of H-pyrrole nitrogens is 1. The first kappa shape index (κ1) is 17.4. The monoisotopic (exact) mass is 356 g/mol. The molecule has 1 heterocycles. The number of nitrogens with two attached hydrogens (primary N) is 1.